The number of rotatable bonds is 3. The van der Waals surface area contributed by atoms with Crippen LogP contribution in [0.25, 0.3) is 0 Å². The molecule has 0 aromatic carbocycles. The Morgan fingerprint density at radius 2 is 2.35 bits per heavy atom. The number of nitrogens with one attached hydrogen (secondary N) is 1. The van der Waals surface area contributed by atoms with Crippen LogP contribution in [0.3, 0.4) is 0 Å². The standard InChI is InChI=1S/C11H17FN4O/c1-7-9(4-5-17-7)16(3)10-8(12)6-14-11(13-2)15-10/h6-7,9H,4-5H2,1-3H3,(H,13,14,15). The summed E-state index contributed by atoms with van der Waals surface area (Å²) in [5.41, 5.74) is 0. The van der Waals surface area contributed by atoms with Crippen molar-refractivity contribution in [1.29, 1.82) is 0 Å². The Bertz CT molecular complexity index is 401. The van der Waals surface area contributed by atoms with E-state index in [9.17, 15) is 4.39 Å². The Balaban J connectivity index is 2.26. The number of ether oxygens (including phenoxy) is 1. The van der Waals surface area contributed by atoms with Crippen LogP contribution in [-0.2, 0) is 4.74 Å². The first kappa shape index (κ1) is 12.0. The molecule has 1 saturated heterocycles. The van der Waals surface area contributed by atoms with E-state index < -0.39 is 5.82 Å². The number of anilines is 2. The lowest BCUT2D eigenvalue weighted by Gasteiger charge is -2.27. The molecule has 0 aliphatic carbocycles. The van der Waals surface area contributed by atoms with Crippen molar-refractivity contribution in [3.05, 3.63) is 12.0 Å². The Morgan fingerprint density at radius 3 is 2.94 bits per heavy atom. The normalized spacial score (nSPS) is 23.8. The summed E-state index contributed by atoms with van der Waals surface area (Å²) in [6.07, 6.45) is 2.16. The van der Waals surface area contributed by atoms with Crippen LogP contribution in [0.5, 0.6) is 0 Å². The fraction of sp³-hybridized carbons (Fsp3) is 0.636. The van der Waals surface area contributed by atoms with E-state index in [1.54, 1.807) is 7.05 Å². The zero-order chi connectivity index (χ0) is 12.4. The van der Waals surface area contributed by atoms with Gasteiger partial charge >= 0.3 is 0 Å². The molecule has 0 saturated carbocycles. The average molecular weight is 240 g/mol. The van der Waals surface area contributed by atoms with E-state index in [1.807, 2.05) is 18.9 Å². The highest BCUT2D eigenvalue weighted by atomic mass is 19.1. The van der Waals surface area contributed by atoms with Gasteiger partial charge in [-0.2, -0.15) is 4.98 Å². The first-order valence-corrected chi connectivity index (χ1v) is 5.68. The van der Waals surface area contributed by atoms with Crippen LogP contribution in [0.4, 0.5) is 16.2 Å². The minimum absolute atomic E-state index is 0.0902. The van der Waals surface area contributed by atoms with E-state index in [2.05, 4.69) is 15.3 Å². The molecule has 0 bridgehead atoms. The molecular weight excluding hydrogens is 223 g/mol. The van der Waals surface area contributed by atoms with E-state index >= 15 is 0 Å². The molecule has 2 unspecified atom stereocenters. The SMILES string of the molecule is CNc1ncc(F)c(N(C)C2CCOC2C)n1. The van der Waals surface area contributed by atoms with Crippen LogP contribution < -0.4 is 10.2 Å². The zero-order valence-electron chi connectivity index (χ0n) is 10.3. The third-order valence-electron chi connectivity index (χ3n) is 3.12. The van der Waals surface area contributed by atoms with E-state index in [4.69, 9.17) is 4.74 Å². The van der Waals surface area contributed by atoms with Gasteiger partial charge in [-0.1, -0.05) is 0 Å². The van der Waals surface area contributed by atoms with Crippen molar-refractivity contribution in [2.75, 3.05) is 30.9 Å². The molecule has 2 atom stereocenters. The molecule has 17 heavy (non-hydrogen) atoms. The summed E-state index contributed by atoms with van der Waals surface area (Å²) < 4.78 is 19.2. The zero-order valence-corrected chi connectivity index (χ0v) is 10.3. The Hall–Kier alpha value is -1.43. The van der Waals surface area contributed by atoms with Gasteiger partial charge < -0.3 is 15.0 Å². The largest absolute Gasteiger partial charge is 0.376 e. The van der Waals surface area contributed by atoms with E-state index in [0.29, 0.717) is 18.4 Å². The van der Waals surface area contributed by atoms with Gasteiger partial charge in [-0.3, -0.25) is 0 Å². The molecule has 2 heterocycles. The van der Waals surface area contributed by atoms with Crippen molar-refractivity contribution in [3.63, 3.8) is 0 Å². The second-order valence-electron chi connectivity index (χ2n) is 4.16. The fourth-order valence-corrected chi connectivity index (χ4v) is 2.11. The maximum atomic E-state index is 13.7. The fourth-order valence-electron chi connectivity index (χ4n) is 2.11. The molecule has 1 aliphatic heterocycles. The summed E-state index contributed by atoms with van der Waals surface area (Å²) in [5, 5.41) is 2.80. The molecule has 1 fully saturated rings. The number of aromatic nitrogens is 2. The number of hydrogen-bond acceptors (Lipinski definition) is 5. The number of halogens is 1. The second kappa shape index (κ2) is 4.83. The molecule has 0 radical (unpaired) electrons. The lowest BCUT2D eigenvalue weighted by atomic mass is 10.1. The summed E-state index contributed by atoms with van der Waals surface area (Å²) in [7, 11) is 3.54. The van der Waals surface area contributed by atoms with Crippen LogP contribution in [0.1, 0.15) is 13.3 Å². The highest BCUT2D eigenvalue weighted by molar-refractivity contribution is 5.44. The Labute approximate surface area is 100 Å². The third-order valence-corrected chi connectivity index (χ3v) is 3.12. The molecule has 1 N–H and O–H groups in total. The summed E-state index contributed by atoms with van der Waals surface area (Å²) in [6, 6.07) is 0.157. The van der Waals surface area contributed by atoms with Crippen molar-refractivity contribution in [2.45, 2.75) is 25.5 Å². The molecule has 94 valence electrons. The van der Waals surface area contributed by atoms with E-state index in [0.717, 1.165) is 6.42 Å². The number of nitrogens with zero attached hydrogens (tertiary/aromatic N) is 3. The molecule has 1 aromatic rings. The maximum absolute atomic E-state index is 13.7. The van der Waals surface area contributed by atoms with Gasteiger partial charge in [-0.05, 0) is 13.3 Å². The number of hydrogen-bond donors (Lipinski definition) is 1. The smallest absolute Gasteiger partial charge is 0.224 e. The second-order valence-corrected chi connectivity index (χ2v) is 4.16. The Morgan fingerprint density at radius 1 is 1.59 bits per heavy atom. The van der Waals surface area contributed by atoms with Gasteiger partial charge in [0.15, 0.2) is 11.6 Å². The van der Waals surface area contributed by atoms with Crippen LogP contribution in [-0.4, -0.2) is 42.8 Å². The number of likely N-dealkylation sites (N-methyl/N-ethyl adjacent to an activating group) is 1. The monoisotopic (exact) mass is 240 g/mol. The minimum atomic E-state index is -0.411. The maximum Gasteiger partial charge on any atom is 0.224 e. The minimum Gasteiger partial charge on any atom is -0.376 e. The van der Waals surface area contributed by atoms with Crippen LogP contribution in [0.15, 0.2) is 6.20 Å². The topological polar surface area (TPSA) is 50.3 Å². The van der Waals surface area contributed by atoms with Gasteiger partial charge in [0.2, 0.25) is 5.95 Å². The molecular formula is C11H17FN4O. The van der Waals surface area contributed by atoms with E-state index in [1.165, 1.54) is 6.20 Å². The highest BCUT2D eigenvalue weighted by Gasteiger charge is 2.30. The molecule has 2 rings (SSSR count). The predicted octanol–water partition coefficient (Wildman–Crippen LogP) is 1.27. The quantitative estimate of drug-likeness (QED) is 0.862. The van der Waals surface area contributed by atoms with Crippen molar-refractivity contribution >= 4 is 11.8 Å². The summed E-state index contributed by atoms with van der Waals surface area (Å²) in [6.45, 7) is 2.70. The summed E-state index contributed by atoms with van der Waals surface area (Å²) >= 11 is 0. The molecule has 0 spiro atoms. The van der Waals surface area contributed by atoms with E-state index in [-0.39, 0.29) is 12.1 Å². The average Bonchev–Trinajstić information content (AvgIpc) is 2.75. The Kier molecular flexibility index (Phi) is 3.42. The van der Waals surface area contributed by atoms with Gasteiger partial charge in [-0.25, -0.2) is 9.37 Å². The van der Waals surface area contributed by atoms with Crippen LogP contribution >= 0.6 is 0 Å². The van der Waals surface area contributed by atoms with Crippen LogP contribution in [0, 0.1) is 5.82 Å². The van der Waals surface area contributed by atoms with Crippen LogP contribution in [0.2, 0.25) is 0 Å². The van der Waals surface area contributed by atoms with Gasteiger partial charge in [0.1, 0.15) is 0 Å². The summed E-state index contributed by atoms with van der Waals surface area (Å²) in [4.78, 5) is 9.80. The highest BCUT2D eigenvalue weighted by Crippen LogP contribution is 2.25. The lowest BCUT2D eigenvalue weighted by molar-refractivity contribution is 0.118. The van der Waals surface area contributed by atoms with Gasteiger partial charge in [0, 0.05) is 20.7 Å². The van der Waals surface area contributed by atoms with Crippen molar-refractivity contribution in [2.24, 2.45) is 0 Å². The van der Waals surface area contributed by atoms with Gasteiger partial charge in [-0.15, -0.1) is 0 Å². The van der Waals surface area contributed by atoms with Crippen molar-refractivity contribution in [1.82, 2.24) is 9.97 Å². The predicted molar refractivity (Wildman–Crippen MR) is 63.8 cm³/mol. The van der Waals surface area contributed by atoms with Crippen molar-refractivity contribution < 1.29 is 9.13 Å². The first-order chi connectivity index (χ1) is 8.13. The summed E-state index contributed by atoms with van der Waals surface area (Å²) in [5.74, 6) is 0.317. The lowest BCUT2D eigenvalue weighted by Crippen LogP contribution is -2.38. The molecule has 5 nitrogen and oxygen atoms in total. The molecule has 1 aromatic heterocycles. The molecule has 6 heteroatoms. The molecule has 0 amide bonds. The van der Waals surface area contributed by atoms with Gasteiger partial charge in [0.25, 0.3) is 0 Å². The first-order valence-electron chi connectivity index (χ1n) is 5.68. The molecule has 1 aliphatic rings. The van der Waals surface area contributed by atoms with Gasteiger partial charge in [0.05, 0.1) is 18.3 Å². The third kappa shape index (κ3) is 2.31. The van der Waals surface area contributed by atoms with Crippen molar-refractivity contribution in [3.8, 4) is 0 Å².